The van der Waals surface area contributed by atoms with Gasteiger partial charge in [-0.15, -0.1) is 0 Å². The zero-order chi connectivity index (χ0) is 22.6. The standard InChI is InChI=1S/C22H29BrN2O4S/c1-14(2)19-12-20(15(3)11-21(19)29-5)16(4)24-22(26)13-25(30(6,27)28)18-9-7-17(23)8-10-18/h7-12,14,16H,13H2,1-6H3,(H,24,26). The number of rotatable bonds is 8. The predicted molar refractivity (Wildman–Crippen MR) is 125 cm³/mol. The maximum Gasteiger partial charge on any atom is 0.241 e. The number of nitrogens with zero attached hydrogens (tertiary/aromatic N) is 1. The number of amides is 1. The summed E-state index contributed by atoms with van der Waals surface area (Å²) in [5.41, 5.74) is 3.47. The first-order chi connectivity index (χ1) is 13.9. The molecule has 0 bridgehead atoms. The van der Waals surface area contributed by atoms with E-state index in [0.29, 0.717) is 5.69 Å². The third kappa shape index (κ3) is 5.98. The fourth-order valence-electron chi connectivity index (χ4n) is 3.31. The van der Waals surface area contributed by atoms with Gasteiger partial charge < -0.3 is 10.1 Å². The lowest BCUT2D eigenvalue weighted by Gasteiger charge is -2.24. The van der Waals surface area contributed by atoms with Crippen molar-refractivity contribution in [3.8, 4) is 5.75 Å². The first kappa shape index (κ1) is 24.2. The van der Waals surface area contributed by atoms with Crippen LogP contribution >= 0.6 is 15.9 Å². The first-order valence-electron chi connectivity index (χ1n) is 9.65. The van der Waals surface area contributed by atoms with Crippen molar-refractivity contribution in [3.05, 3.63) is 57.6 Å². The number of carbonyl (C=O) groups excluding carboxylic acids is 1. The maximum atomic E-state index is 12.7. The lowest BCUT2D eigenvalue weighted by atomic mass is 9.93. The molecular weight excluding hydrogens is 468 g/mol. The minimum Gasteiger partial charge on any atom is -0.496 e. The van der Waals surface area contributed by atoms with E-state index in [1.807, 2.05) is 26.0 Å². The Morgan fingerprint density at radius 3 is 2.23 bits per heavy atom. The second kappa shape index (κ2) is 9.83. The van der Waals surface area contributed by atoms with Crippen LogP contribution in [0.5, 0.6) is 5.75 Å². The third-order valence-electron chi connectivity index (χ3n) is 4.89. The summed E-state index contributed by atoms with van der Waals surface area (Å²) in [4.78, 5) is 12.7. The predicted octanol–water partition coefficient (Wildman–Crippen LogP) is 4.53. The van der Waals surface area contributed by atoms with E-state index in [9.17, 15) is 13.2 Å². The fourth-order valence-corrected chi connectivity index (χ4v) is 4.43. The fraction of sp³-hybridized carbons (Fsp3) is 0.409. The van der Waals surface area contributed by atoms with Gasteiger partial charge >= 0.3 is 0 Å². The SMILES string of the molecule is COc1cc(C)c(C(C)NC(=O)CN(c2ccc(Br)cc2)S(C)(=O)=O)cc1C(C)C. The molecule has 6 nitrogen and oxygen atoms in total. The summed E-state index contributed by atoms with van der Waals surface area (Å²) in [5, 5.41) is 2.93. The van der Waals surface area contributed by atoms with Gasteiger partial charge in [0.25, 0.3) is 0 Å². The van der Waals surface area contributed by atoms with Gasteiger partial charge in [-0.3, -0.25) is 9.10 Å². The highest BCUT2D eigenvalue weighted by atomic mass is 79.9. The molecule has 2 aromatic rings. The Bertz CT molecular complexity index is 1000. The van der Waals surface area contributed by atoms with E-state index in [0.717, 1.165) is 37.5 Å². The van der Waals surface area contributed by atoms with E-state index in [4.69, 9.17) is 4.74 Å². The largest absolute Gasteiger partial charge is 0.496 e. The lowest BCUT2D eigenvalue weighted by molar-refractivity contribution is -0.120. The lowest BCUT2D eigenvalue weighted by Crippen LogP contribution is -2.41. The summed E-state index contributed by atoms with van der Waals surface area (Å²) in [6, 6.07) is 10.5. The van der Waals surface area contributed by atoms with Gasteiger partial charge in [-0.2, -0.15) is 0 Å². The Morgan fingerprint density at radius 1 is 1.13 bits per heavy atom. The molecule has 164 valence electrons. The smallest absolute Gasteiger partial charge is 0.241 e. The number of anilines is 1. The minimum atomic E-state index is -3.62. The molecule has 1 unspecified atom stereocenters. The molecule has 0 heterocycles. The molecule has 0 aliphatic carbocycles. The number of ether oxygens (including phenoxy) is 1. The van der Waals surface area contributed by atoms with Crippen LogP contribution in [0.25, 0.3) is 0 Å². The van der Waals surface area contributed by atoms with Crippen molar-refractivity contribution in [2.75, 3.05) is 24.2 Å². The van der Waals surface area contributed by atoms with Crippen molar-refractivity contribution < 1.29 is 17.9 Å². The van der Waals surface area contributed by atoms with Gasteiger partial charge in [-0.1, -0.05) is 29.8 Å². The Labute approximate surface area is 187 Å². The van der Waals surface area contributed by atoms with Crippen molar-refractivity contribution in [3.63, 3.8) is 0 Å². The van der Waals surface area contributed by atoms with Gasteiger partial charge in [-0.25, -0.2) is 8.42 Å². The maximum absolute atomic E-state index is 12.7. The summed E-state index contributed by atoms with van der Waals surface area (Å²) in [6.45, 7) is 7.73. The van der Waals surface area contributed by atoms with E-state index in [1.54, 1.807) is 31.4 Å². The number of halogens is 1. The molecular formula is C22H29BrN2O4S. The second-order valence-electron chi connectivity index (χ2n) is 7.64. The molecule has 0 aliphatic rings. The number of aryl methyl sites for hydroxylation is 1. The molecule has 2 rings (SSSR count). The van der Waals surface area contributed by atoms with E-state index < -0.39 is 10.0 Å². The molecule has 0 saturated heterocycles. The van der Waals surface area contributed by atoms with Crippen molar-refractivity contribution in [1.29, 1.82) is 0 Å². The first-order valence-corrected chi connectivity index (χ1v) is 12.3. The Kier molecular flexibility index (Phi) is 7.93. The molecule has 0 aliphatic heterocycles. The van der Waals surface area contributed by atoms with Crippen LogP contribution in [0, 0.1) is 6.92 Å². The zero-order valence-electron chi connectivity index (χ0n) is 18.2. The molecule has 30 heavy (non-hydrogen) atoms. The van der Waals surface area contributed by atoms with Gasteiger partial charge in [-0.05, 0) is 72.9 Å². The third-order valence-corrected chi connectivity index (χ3v) is 6.56. The van der Waals surface area contributed by atoms with E-state index in [2.05, 4.69) is 35.1 Å². The number of hydrogen-bond donors (Lipinski definition) is 1. The van der Waals surface area contributed by atoms with Crippen LogP contribution in [0.15, 0.2) is 40.9 Å². The van der Waals surface area contributed by atoms with E-state index in [1.165, 1.54) is 0 Å². The molecule has 2 aromatic carbocycles. The number of hydrogen-bond acceptors (Lipinski definition) is 4. The topological polar surface area (TPSA) is 75.7 Å². The number of carbonyl (C=O) groups is 1. The van der Waals surface area contributed by atoms with Crippen LogP contribution in [-0.4, -0.2) is 34.2 Å². The van der Waals surface area contributed by atoms with Crippen LogP contribution in [0.4, 0.5) is 5.69 Å². The summed E-state index contributed by atoms with van der Waals surface area (Å²) in [5.74, 6) is 0.709. The Balaban J connectivity index is 2.24. The van der Waals surface area contributed by atoms with Crippen molar-refractivity contribution in [2.24, 2.45) is 0 Å². The molecule has 0 radical (unpaired) electrons. The summed E-state index contributed by atoms with van der Waals surface area (Å²) >= 11 is 3.33. The molecule has 0 spiro atoms. The van der Waals surface area contributed by atoms with Gasteiger partial charge in [0, 0.05) is 4.47 Å². The molecule has 0 fully saturated rings. The Morgan fingerprint density at radius 2 is 1.73 bits per heavy atom. The number of methoxy groups -OCH3 is 1. The zero-order valence-corrected chi connectivity index (χ0v) is 20.6. The van der Waals surface area contributed by atoms with Gasteiger partial charge in [0.05, 0.1) is 25.1 Å². The van der Waals surface area contributed by atoms with Gasteiger partial charge in [0.15, 0.2) is 0 Å². The molecule has 1 N–H and O–H groups in total. The number of sulfonamides is 1. The monoisotopic (exact) mass is 496 g/mol. The summed E-state index contributed by atoms with van der Waals surface area (Å²) < 4.78 is 32.0. The average Bonchev–Trinajstić information content (AvgIpc) is 2.65. The molecule has 1 atom stereocenters. The highest BCUT2D eigenvalue weighted by Crippen LogP contribution is 2.32. The van der Waals surface area contributed by atoms with E-state index >= 15 is 0 Å². The average molecular weight is 497 g/mol. The van der Waals surface area contributed by atoms with Crippen molar-refractivity contribution in [2.45, 2.75) is 39.7 Å². The quantitative estimate of drug-likeness (QED) is 0.582. The highest BCUT2D eigenvalue weighted by Gasteiger charge is 2.23. The van der Waals surface area contributed by atoms with Crippen molar-refractivity contribution in [1.82, 2.24) is 5.32 Å². The molecule has 0 aromatic heterocycles. The summed E-state index contributed by atoms with van der Waals surface area (Å²) in [6.07, 6.45) is 1.09. The second-order valence-corrected chi connectivity index (χ2v) is 10.5. The number of benzene rings is 2. The van der Waals surface area contributed by atoms with Crippen LogP contribution in [0.3, 0.4) is 0 Å². The molecule has 8 heteroatoms. The highest BCUT2D eigenvalue weighted by molar-refractivity contribution is 9.10. The Hall–Kier alpha value is -2.06. The van der Waals surface area contributed by atoms with Gasteiger partial charge in [0.2, 0.25) is 15.9 Å². The number of nitrogens with one attached hydrogen (secondary N) is 1. The normalized spacial score (nSPS) is 12.5. The van der Waals surface area contributed by atoms with Crippen LogP contribution < -0.4 is 14.4 Å². The van der Waals surface area contributed by atoms with E-state index in [-0.39, 0.29) is 24.4 Å². The van der Waals surface area contributed by atoms with Crippen LogP contribution in [0.1, 0.15) is 49.4 Å². The molecule has 0 saturated carbocycles. The van der Waals surface area contributed by atoms with Crippen molar-refractivity contribution >= 4 is 37.5 Å². The molecule has 1 amide bonds. The summed E-state index contributed by atoms with van der Waals surface area (Å²) in [7, 11) is -1.97. The minimum absolute atomic E-state index is 0.264. The van der Waals surface area contributed by atoms with Crippen LogP contribution in [-0.2, 0) is 14.8 Å². The van der Waals surface area contributed by atoms with Gasteiger partial charge in [0.1, 0.15) is 12.3 Å². The van der Waals surface area contributed by atoms with Crippen LogP contribution in [0.2, 0.25) is 0 Å².